The van der Waals surface area contributed by atoms with Crippen molar-refractivity contribution in [3.63, 3.8) is 0 Å². The van der Waals surface area contributed by atoms with Crippen LogP contribution in [0.2, 0.25) is 0 Å². The zero-order valence-electron chi connectivity index (χ0n) is 33.0. The molecule has 0 radical (unpaired) electrons. The maximum absolute atomic E-state index is 12.5. The highest BCUT2D eigenvalue weighted by molar-refractivity contribution is 7.92. The maximum Gasteiger partial charge on any atom is 0.326 e. The van der Waals surface area contributed by atoms with E-state index in [1.165, 1.54) is 44.9 Å². The molecule has 0 saturated heterocycles. The number of hydrogen-bond acceptors (Lipinski definition) is 12. The zero-order valence-corrected chi connectivity index (χ0v) is 33.8. The molecule has 314 valence electrons. The second-order valence-electron chi connectivity index (χ2n) is 14.5. The minimum absolute atomic E-state index is 0.0450. The summed E-state index contributed by atoms with van der Waals surface area (Å²) in [5, 5.41) is 32.8. The number of ether oxygens (including phenoxy) is 1. The van der Waals surface area contributed by atoms with Crippen molar-refractivity contribution in [2.24, 2.45) is 21.4 Å². The van der Waals surface area contributed by atoms with Gasteiger partial charge in [-0.1, -0.05) is 70.6 Å². The number of ketones is 3. The van der Waals surface area contributed by atoms with Gasteiger partial charge in [-0.15, -0.1) is 5.10 Å². The van der Waals surface area contributed by atoms with Crippen LogP contribution in [0.15, 0.2) is 15.4 Å². The fraction of sp³-hybridized carbons (Fsp3) is 0.821. The Morgan fingerprint density at radius 1 is 0.691 bits per heavy atom. The second-order valence-corrected chi connectivity index (χ2v) is 16.7. The molecule has 0 saturated carbocycles. The van der Waals surface area contributed by atoms with E-state index in [0.717, 1.165) is 44.2 Å². The Hall–Kier alpha value is -3.40. The van der Waals surface area contributed by atoms with Crippen molar-refractivity contribution >= 4 is 50.7 Å². The molecule has 0 aromatic carbocycles. The number of nitrogens with zero attached hydrogens (tertiary/aromatic N) is 3. The van der Waals surface area contributed by atoms with E-state index >= 15 is 0 Å². The molecule has 16 heteroatoms. The molecule has 1 heterocycles. The molecule has 0 aromatic rings. The molecule has 0 fully saturated rings. The summed E-state index contributed by atoms with van der Waals surface area (Å²) >= 11 is 0. The van der Waals surface area contributed by atoms with Gasteiger partial charge in [0.1, 0.15) is 35.7 Å². The molecule has 0 spiro atoms. The number of amides is 1. The van der Waals surface area contributed by atoms with E-state index < -0.39 is 57.6 Å². The quantitative estimate of drug-likeness (QED) is 0.0563. The molecule has 0 bridgehead atoms. The molecular weight excluding hydrogens is 733 g/mol. The van der Waals surface area contributed by atoms with Crippen molar-refractivity contribution in [3.8, 4) is 0 Å². The predicted octanol–water partition coefficient (Wildman–Crippen LogP) is 6.60. The van der Waals surface area contributed by atoms with E-state index in [-0.39, 0.29) is 68.7 Å². The number of carboxylic acid groups (broad SMARTS) is 2. The Morgan fingerprint density at radius 3 is 1.84 bits per heavy atom. The number of hydrogen-bond donors (Lipinski definition) is 3. The van der Waals surface area contributed by atoms with Crippen molar-refractivity contribution in [2.75, 3.05) is 31.3 Å². The molecule has 1 aliphatic rings. The van der Waals surface area contributed by atoms with Crippen LogP contribution in [-0.2, 0) is 43.3 Å². The van der Waals surface area contributed by atoms with Crippen LogP contribution in [0.3, 0.4) is 0 Å². The van der Waals surface area contributed by atoms with Crippen LogP contribution in [0.1, 0.15) is 161 Å². The van der Waals surface area contributed by atoms with Crippen LogP contribution in [-0.4, -0.2) is 96.8 Å². The summed E-state index contributed by atoms with van der Waals surface area (Å²) in [7, 11) is -3.71. The van der Waals surface area contributed by atoms with Gasteiger partial charge in [0.15, 0.2) is 9.84 Å². The first kappa shape index (κ1) is 49.6. The van der Waals surface area contributed by atoms with Crippen LogP contribution >= 0.6 is 0 Å². The Balaban J connectivity index is 2.15. The Bertz CT molecular complexity index is 1350. The number of unbranched alkanes of at least 4 members (excludes halogenated alkanes) is 12. The van der Waals surface area contributed by atoms with E-state index in [1.54, 1.807) is 0 Å². The largest absolute Gasteiger partial charge is 0.481 e. The number of sulfone groups is 1. The molecule has 2 atom stereocenters. The zero-order chi connectivity index (χ0) is 40.7. The number of carbonyl (C=O) groups is 6. The Kier molecular flexibility index (Phi) is 27.8. The fourth-order valence-electron chi connectivity index (χ4n) is 6.31. The van der Waals surface area contributed by atoms with Gasteiger partial charge in [-0.05, 0) is 57.1 Å². The molecule has 3 N–H and O–H groups in total. The first-order valence-electron chi connectivity index (χ1n) is 20.3. The topological polar surface area (TPSA) is 235 Å². The lowest BCUT2D eigenvalue weighted by atomic mass is 9.95. The van der Waals surface area contributed by atoms with Gasteiger partial charge in [0.2, 0.25) is 5.91 Å². The van der Waals surface area contributed by atoms with Crippen LogP contribution in [0.25, 0.3) is 0 Å². The number of nitrogens with one attached hydrogen (secondary N) is 1. The van der Waals surface area contributed by atoms with Crippen molar-refractivity contribution in [1.29, 1.82) is 0 Å². The summed E-state index contributed by atoms with van der Waals surface area (Å²) in [4.78, 5) is 72.5. The van der Waals surface area contributed by atoms with E-state index in [0.29, 0.717) is 32.6 Å². The van der Waals surface area contributed by atoms with Gasteiger partial charge in [-0.2, -0.15) is 5.11 Å². The van der Waals surface area contributed by atoms with E-state index in [4.69, 9.17) is 4.74 Å². The number of rotatable bonds is 38. The van der Waals surface area contributed by atoms with Gasteiger partial charge in [-0.3, -0.25) is 24.0 Å². The highest BCUT2D eigenvalue weighted by Gasteiger charge is 2.25. The lowest BCUT2D eigenvalue weighted by molar-refractivity contribution is -0.145. The Morgan fingerprint density at radius 2 is 1.27 bits per heavy atom. The van der Waals surface area contributed by atoms with Crippen LogP contribution in [0, 0.1) is 5.92 Å². The van der Waals surface area contributed by atoms with Crippen LogP contribution in [0.5, 0.6) is 0 Å². The minimum atomic E-state index is -3.71. The van der Waals surface area contributed by atoms with Gasteiger partial charge in [0.25, 0.3) is 0 Å². The van der Waals surface area contributed by atoms with Gasteiger partial charge in [0.05, 0.1) is 17.4 Å². The average Bonchev–Trinajstić information content (AvgIpc) is 3.65. The molecule has 1 amide bonds. The van der Waals surface area contributed by atoms with Crippen molar-refractivity contribution < 1.29 is 52.1 Å². The van der Waals surface area contributed by atoms with E-state index in [9.17, 15) is 47.4 Å². The molecule has 0 aromatic heterocycles. The van der Waals surface area contributed by atoms with E-state index in [2.05, 4.69) is 20.8 Å². The molecule has 1 aliphatic heterocycles. The van der Waals surface area contributed by atoms with Gasteiger partial charge in [0, 0.05) is 51.7 Å². The number of aliphatic carboxylic acids is 2. The third-order valence-electron chi connectivity index (χ3n) is 9.55. The lowest BCUT2D eigenvalue weighted by Gasteiger charge is -2.16. The molecule has 1 rings (SSSR count). The molecular formula is C39H66N4O11S. The first-order chi connectivity index (χ1) is 26.3. The van der Waals surface area contributed by atoms with E-state index in [1.807, 2.05) is 6.92 Å². The number of carboxylic acids is 2. The molecule has 1 unspecified atom stereocenters. The van der Waals surface area contributed by atoms with Crippen molar-refractivity contribution in [1.82, 2.24) is 5.32 Å². The van der Waals surface area contributed by atoms with Crippen molar-refractivity contribution in [3.05, 3.63) is 0 Å². The number of Topliss-reactive ketones (excluding diaryl/α,β-unsaturated/α-hetero) is 3. The first-order valence-corrected chi connectivity index (χ1v) is 22.2. The minimum Gasteiger partial charge on any atom is -0.481 e. The number of carbonyl (C=O) groups excluding carboxylic acids is 4. The molecule has 15 nitrogen and oxygen atoms in total. The summed E-state index contributed by atoms with van der Waals surface area (Å²) < 4.78 is 30.1. The summed E-state index contributed by atoms with van der Waals surface area (Å²) in [5.74, 6) is -6.47. The fourth-order valence-corrected chi connectivity index (χ4v) is 7.67. The SMILES string of the molecule is CCOCCCC(=O)CCC(NC(=O)CC[C@H](CC(=O)CCCS(=O)(=O)CC(=O)CCCCCCCCCCCCCCCC1=NN=NC1)C(=O)O)C(=O)O. The summed E-state index contributed by atoms with van der Waals surface area (Å²) in [6.07, 6.45) is 15.2. The maximum atomic E-state index is 12.5. The van der Waals surface area contributed by atoms with Gasteiger partial charge < -0.3 is 20.3 Å². The van der Waals surface area contributed by atoms with Crippen LogP contribution < -0.4 is 5.32 Å². The highest BCUT2D eigenvalue weighted by atomic mass is 32.2. The average molecular weight is 799 g/mol. The summed E-state index contributed by atoms with van der Waals surface area (Å²) in [5.41, 5.74) is 1.09. The molecule has 55 heavy (non-hydrogen) atoms. The highest BCUT2D eigenvalue weighted by Crippen LogP contribution is 2.17. The monoisotopic (exact) mass is 798 g/mol. The standard InChI is InChI=1S/C39H66N4O11S/c1-2-54-26-16-20-33(44)23-24-36(39(50)51)41-37(47)25-22-31(38(48)49)28-34(45)21-17-27-55(52,53)30-35(46)19-15-13-11-9-7-5-3-4-6-8-10-12-14-18-32-29-40-43-42-32/h31,36H,2-30H2,1H3,(H,41,47)(H,48,49)(H,50,51)/t31-,36?/m1/s1. The summed E-state index contributed by atoms with van der Waals surface area (Å²) in [6, 6.07) is -1.32. The molecule has 0 aliphatic carbocycles. The lowest BCUT2D eigenvalue weighted by Crippen LogP contribution is -2.41. The van der Waals surface area contributed by atoms with Crippen LogP contribution in [0.4, 0.5) is 0 Å². The normalized spacial score (nSPS) is 13.7. The van der Waals surface area contributed by atoms with Gasteiger partial charge in [-0.25, -0.2) is 13.2 Å². The smallest absolute Gasteiger partial charge is 0.326 e. The van der Waals surface area contributed by atoms with Gasteiger partial charge >= 0.3 is 11.9 Å². The van der Waals surface area contributed by atoms with Crippen molar-refractivity contribution in [2.45, 2.75) is 167 Å². The Labute approximate surface area is 327 Å². The second kappa shape index (κ2) is 30.8. The third-order valence-corrected chi connectivity index (χ3v) is 11.2. The predicted molar refractivity (Wildman–Crippen MR) is 209 cm³/mol. The summed E-state index contributed by atoms with van der Waals surface area (Å²) in [6.45, 7) is 3.45. The third kappa shape index (κ3) is 27.8.